The third-order valence-corrected chi connectivity index (χ3v) is 4.86. The van der Waals surface area contributed by atoms with Gasteiger partial charge in [-0.25, -0.2) is 0 Å². The fourth-order valence-electron chi connectivity index (χ4n) is 3.43. The molecule has 0 aliphatic heterocycles. The number of hydrogen-bond donors (Lipinski definition) is 2. The van der Waals surface area contributed by atoms with Crippen LogP contribution in [0.15, 0.2) is 66.7 Å². The molecular weight excluding hydrogens is 400 g/mol. The number of nitrogens with one attached hydrogen (secondary N) is 2. The fourth-order valence-corrected chi connectivity index (χ4v) is 3.43. The van der Waals surface area contributed by atoms with E-state index in [1.54, 1.807) is 0 Å². The van der Waals surface area contributed by atoms with Gasteiger partial charge in [-0.2, -0.15) is 0 Å². The summed E-state index contributed by atoms with van der Waals surface area (Å²) in [5.41, 5.74) is 6.94. The molecule has 5 nitrogen and oxygen atoms in total. The molecule has 0 radical (unpaired) electrons. The number of esters is 1. The van der Waals surface area contributed by atoms with Gasteiger partial charge < -0.3 is 4.74 Å². The molecule has 0 heterocycles. The van der Waals surface area contributed by atoms with Gasteiger partial charge in [0.2, 0.25) is 5.91 Å². The van der Waals surface area contributed by atoms with Crippen molar-refractivity contribution in [2.45, 2.75) is 53.1 Å². The molecule has 2 N–H and O–H groups in total. The van der Waals surface area contributed by atoms with Crippen molar-refractivity contribution in [3.63, 3.8) is 0 Å². The van der Waals surface area contributed by atoms with Crippen LogP contribution in [0.5, 0.6) is 0 Å². The first-order chi connectivity index (χ1) is 15.2. The van der Waals surface area contributed by atoms with Crippen LogP contribution in [0.4, 0.5) is 5.69 Å². The van der Waals surface area contributed by atoms with E-state index in [1.165, 1.54) is 0 Å². The van der Waals surface area contributed by atoms with E-state index in [0.29, 0.717) is 12.8 Å². The Morgan fingerprint density at radius 1 is 0.938 bits per heavy atom. The Morgan fingerprint density at radius 3 is 2.09 bits per heavy atom. The highest BCUT2D eigenvalue weighted by Gasteiger charge is 2.36. The quantitative estimate of drug-likeness (QED) is 0.362. The fraction of sp³-hybridized carbons (Fsp3) is 0.407. The summed E-state index contributed by atoms with van der Waals surface area (Å²) in [6.07, 6.45) is 4.92. The highest BCUT2D eigenvalue weighted by Crippen LogP contribution is 2.28. The van der Waals surface area contributed by atoms with Crippen molar-refractivity contribution < 1.29 is 14.3 Å². The standard InChI is InChI=1S/C27H36N2O3/c1-20(2)19-24(25(30)29-28-22-16-10-7-11-17-22)23(26(31)32-27(3,4)5)18-12-15-21-13-8-6-9-14-21/h6-17,20,23-24,28H,18-19H2,1-5H3,(H,29,30)/b15-12+/t23-,24+/m0/s1. The Kier molecular flexibility index (Phi) is 9.51. The highest BCUT2D eigenvalue weighted by atomic mass is 16.6. The van der Waals surface area contributed by atoms with Gasteiger partial charge in [-0.1, -0.05) is 74.5 Å². The van der Waals surface area contributed by atoms with Crippen LogP contribution in [0.1, 0.15) is 53.0 Å². The van der Waals surface area contributed by atoms with E-state index >= 15 is 0 Å². The number of ether oxygens (including phenoxy) is 1. The van der Waals surface area contributed by atoms with Gasteiger partial charge in [-0.05, 0) is 57.2 Å². The second kappa shape index (κ2) is 12.1. The number of rotatable bonds is 10. The Labute approximate surface area is 192 Å². The molecule has 32 heavy (non-hydrogen) atoms. The molecule has 0 aromatic heterocycles. The Hall–Kier alpha value is -3.08. The number of carbonyl (C=O) groups is 2. The third kappa shape index (κ3) is 8.96. The van der Waals surface area contributed by atoms with Gasteiger partial charge in [0.05, 0.1) is 17.5 Å². The van der Waals surface area contributed by atoms with Crippen LogP contribution in [0, 0.1) is 17.8 Å². The van der Waals surface area contributed by atoms with Gasteiger partial charge in [-0.15, -0.1) is 0 Å². The molecule has 2 aromatic rings. The minimum Gasteiger partial charge on any atom is -0.460 e. The van der Waals surface area contributed by atoms with Crippen LogP contribution in [0.2, 0.25) is 0 Å². The molecule has 0 bridgehead atoms. The summed E-state index contributed by atoms with van der Waals surface area (Å²) in [4.78, 5) is 26.3. The largest absolute Gasteiger partial charge is 0.460 e. The average Bonchev–Trinajstić information content (AvgIpc) is 2.74. The second-order valence-corrected chi connectivity index (χ2v) is 9.41. The maximum atomic E-state index is 13.2. The van der Waals surface area contributed by atoms with Gasteiger partial charge in [0.25, 0.3) is 0 Å². The molecule has 2 aromatic carbocycles. The zero-order chi connectivity index (χ0) is 23.6. The van der Waals surface area contributed by atoms with Crippen LogP contribution in [0.25, 0.3) is 6.08 Å². The molecule has 0 spiro atoms. The molecule has 172 valence electrons. The van der Waals surface area contributed by atoms with Crippen LogP contribution in [-0.4, -0.2) is 17.5 Å². The van der Waals surface area contributed by atoms with Crippen molar-refractivity contribution >= 4 is 23.6 Å². The van der Waals surface area contributed by atoms with Gasteiger partial charge in [0.15, 0.2) is 0 Å². The summed E-state index contributed by atoms with van der Waals surface area (Å²) in [6, 6.07) is 19.3. The van der Waals surface area contributed by atoms with Crippen molar-refractivity contribution in [2.75, 3.05) is 5.43 Å². The maximum Gasteiger partial charge on any atom is 0.310 e. The molecule has 0 unspecified atom stereocenters. The number of carbonyl (C=O) groups excluding carboxylic acids is 2. The number of hydrazine groups is 1. The number of para-hydroxylation sites is 1. The SMILES string of the molecule is CC(C)C[C@@H](C(=O)NNc1ccccc1)[C@H](C/C=C/c1ccccc1)C(=O)OC(C)(C)C. The molecule has 0 saturated heterocycles. The van der Waals surface area contributed by atoms with Crippen LogP contribution >= 0.6 is 0 Å². The lowest BCUT2D eigenvalue weighted by Crippen LogP contribution is -2.42. The van der Waals surface area contributed by atoms with Crippen molar-refractivity contribution in [2.24, 2.45) is 17.8 Å². The summed E-state index contributed by atoms with van der Waals surface area (Å²) < 4.78 is 5.70. The molecular formula is C27H36N2O3. The van der Waals surface area contributed by atoms with E-state index in [1.807, 2.05) is 93.6 Å². The number of anilines is 1. The molecule has 2 rings (SSSR count). The van der Waals surface area contributed by atoms with Crippen molar-refractivity contribution in [1.82, 2.24) is 5.43 Å². The molecule has 0 aliphatic carbocycles. The van der Waals surface area contributed by atoms with E-state index in [4.69, 9.17) is 4.74 Å². The lowest BCUT2D eigenvalue weighted by molar-refractivity contribution is -0.164. The number of amides is 1. The predicted molar refractivity (Wildman–Crippen MR) is 131 cm³/mol. The first kappa shape index (κ1) is 25.2. The Balaban J connectivity index is 2.22. The minimum absolute atomic E-state index is 0.216. The van der Waals surface area contributed by atoms with Crippen molar-refractivity contribution in [3.05, 3.63) is 72.3 Å². The average molecular weight is 437 g/mol. The van der Waals surface area contributed by atoms with Crippen molar-refractivity contribution in [1.29, 1.82) is 0 Å². The predicted octanol–water partition coefficient (Wildman–Crippen LogP) is 5.85. The molecule has 2 atom stereocenters. The van der Waals surface area contributed by atoms with E-state index in [2.05, 4.69) is 24.7 Å². The van der Waals surface area contributed by atoms with Gasteiger partial charge in [0, 0.05) is 0 Å². The Morgan fingerprint density at radius 2 is 1.53 bits per heavy atom. The molecule has 5 heteroatoms. The smallest absolute Gasteiger partial charge is 0.310 e. The van der Waals surface area contributed by atoms with Gasteiger partial charge in [0.1, 0.15) is 5.60 Å². The van der Waals surface area contributed by atoms with Crippen molar-refractivity contribution in [3.8, 4) is 0 Å². The monoisotopic (exact) mass is 436 g/mol. The van der Waals surface area contributed by atoms with E-state index in [0.717, 1.165) is 11.3 Å². The summed E-state index contributed by atoms with van der Waals surface area (Å²) in [6.45, 7) is 9.64. The summed E-state index contributed by atoms with van der Waals surface area (Å²) in [5, 5.41) is 0. The lowest BCUT2D eigenvalue weighted by atomic mass is 9.82. The van der Waals surface area contributed by atoms with E-state index in [-0.39, 0.29) is 17.8 Å². The third-order valence-electron chi connectivity index (χ3n) is 4.86. The molecule has 0 saturated carbocycles. The summed E-state index contributed by atoms with van der Waals surface area (Å²) >= 11 is 0. The molecule has 1 amide bonds. The Bertz CT molecular complexity index is 871. The number of allylic oxidation sites excluding steroid dienone is 1. The number of hydrogen-bond acceptors (Lipinski definition) is 4. The summed E-state index contributed by atoms with van der Waals surface area (Å²) in [7, 11) is 0. The van der Waals surface area contributed by atoms with E-state index < -0.39 is 17.4 Å². The van der Waals surface area contributed by atoms with Gasteiger partial charge >= 0.3 is 5.97 Å². The molecule has 0 fully saturated rings. The summed E-state index contributed by atoms with van der Waals surface area (Å²) in [5.74, 6) is -1.44. The van der Waals surface area contributed by atoms with E-state index in [9.17, 15) is 9.59 Å². The lowest BCUT2D eigenvalue weighted by Gasteiger charge is -2.29. The molecule has 0 aliphatic rings. The topological polar surface area (TPSA) is 67.4 Å². The first-order valence-corrected chi connectivity index (χ1v) is 11.2. The van der Waals surface area contributed by atoms with Crippen LogP contribution < -0.4 is 10.9 Å². The highest BCUT2D eigenvalue weighted by molar-refractivity contribution is 5.86. The van der Waals surface area contributed by atoms with Gasteiger partial charge in [-0.3, -0.25) is 20.4 Å². The normalized spacial score (nSPS) is 13.6. The first-order valence-electron chi connectivity index (χ1n) is 11.2. The second-order valence-electron chi connectivity index (χ2n) is 9.41. The number of benzene rings is 2. The minimum atomic E-state index is -0.625. The van der Waals surface area contributed by atoms with Crippen LogP contribution in [0.3, 0.4) is 0 Å². The zero-order valence-electron chi connectivity index (χ0n) is 19.8. The van der Waals surface area contributed by atoms with Crippen LogP contribution in [-0.2, 0) is 14.3 Å². The zero-order valence-corrected chi connectivity index (χ0v) is 19.8. The maximum absolute atomic E-state index is 13.2.